The first-order valence-corrected chi connectivity index (χ1v) is 25.3. The minimum absolute atomic E-state index is 0.000107. The van der Waals surface area contributed by atoms with Crippen LogP contribution in [0.25, 0.3) is 0 Å². The molecule has 11 aliphatic heterocycles. The van der Waals surface area contributed by atoms with Gasteiger partial charge in [-0.15, -0.1) is 0 Å². The van der Waals surface area contributed by atoms with Gasteiger partial charge in [-0.2, -0.15) is 0 Å². The minimum atomic E-state index is -0.811. The van der Waals surface area contributed by atoms with Crippen LogP contribution < -0.4 is 0 Å². The summed E-state index contributed by atoms with van der Waals surface area (Å²) in [7, 11) is 0. The number of ether oxygens (including phenoxy) is 11. The first-order valence-electron chi connectivity index (χ1n) is 25.3. The Bertz CT molecular complexity index is 1760. The van der Waals surface area contributed by atoms with E-state index in [-0.39, 0.29) is 104 Å². The van der Waals surface area contributed by atoms with Gasteiger partial charge in [0, 0.05) is 51.6 Å². The smallest absolute Gasteiger partial charge is 0.118 e. The lowest BCUT2D eigenvalue weighted by Crippen LogP contribution is -2.70. The van der Waals surface area contributed by atoms with Crippen LogP contribution in [0.15, 0.2) is 24.3 Å². The molecule has 0 aromatic rings. The second-order valence-electron chi connectivity index (χ2n) is 23.4. The van der Waals surface area contributed by atoms with E-state index in [1.165, 1.54) is 0 Å². The highest BCUT2D eigenvalue weighted by Crippen LogP contribution is 2.55. The van der Waals surface area contributed by atoms with Crippen LogP contribution in [0.1, 0.15) is 145 Å². The number of hydrogen-bond acceptors (Lipinski definition) is 12. The number of aliphatic hydroxyl groups is 1. The van der Waals surface area contributed by atoms with Crippen LogP contribution in [0.2, 0.25) is 0 Å². The second-order valence-corrected chi connectivity index (χ2v) is 23.4. The Balaban J connectivity index is 0.775. The van der Waals surface area contributed by atoms with E-state index < -0.39 is 34.1 Å². The van der Waals surface area contributed by atoms with Crippen molar-refractivity contribution in [1.82, 2.24) is 0 Å². The van der Waals surface area contributed by atoms with Crippen molar-refractivity contribution in [2.45, 2.75) is 277 Å². The van der Waals surface area contributed by atoms with E-state index in [0.29, 0.717) is 38.0 Å². The zero-order chi connectivity index (χ0) is 43.8. The van der Waals surface area contributed by atoms with Gasteiger partial charge in [0.15, 0.2) is 0 Å². The summed E-state index contributed by atoms with van der Waals surface area (Å²) >= 11 is 0. The molecule has 0 aromatic heterocycles. The fraction of sp³-hybridized carbons (Fsp3) is 0.922. The maximum absolute atomic E-state index is 11.5. The van der Waals surface area contributed by atoms with Crippen molar-refractivity contribution in [3.8, 4) is 0 Å². The van der Waals surface area contributed by atoms with E-state index in [9.17, 15) is 5.11 Å². The van der Waals surface area contributed by atoms with Crippen LogP contribution in [-0.4, -0.2) is 143 Å². The quantitative estimate of drug-likeness (QED) is 0.288. The molecule has 11 rings (SSSR count). The first kappa shape index (κ1) is 44.5. The second kappa shape index (κ2) is 16.0. The van der Waals surface area contributed by atoms with E-state index in [2.05, 4.69) is 67.2 Å². The van der Waals surface area contributed by atoms with Gasteiger partial charge in [-0.1, -0.05) is 45.1 Å². The zero-order valence-corrected chi connectivity index (χ0v) is 39.4. The van der Waals surface area contributed by atoms with Crippen LogP contribution in [0.5, 0.6) is 0 Å². The molecule has 10 saturated heterocycles. The monoisotopic (exact) mass is 883 g/mol. The third-order valence-corrected chi connectivity index (χ3v) is 18.6. The lowest BCUT2D eigenvalue weighted by atomic mass is 9.72. The molecule has 354 valence electrons. The average Bonchev–Trinajstić information content (AvgIpc) is 3.43. The normalized spacial score (nSPS) is 59.1. The Labute approximate surface area is 376 Å². The molecule has 0 aromatic carbocycles. The van der Waals surface area contributed by atoms with Gasteiger partial charge >= 0.3 is 0 Å². The van der Waals surface area contributed by atoms with Crippen molar-refractivity contribution >= 4 is 0 Å². The Morgan fingerprint density at radius 3 is 2.22 bits per heavy atom. The van der Waals surface area contributed by atoms with Gasteiger partial charge in [-0.3, -0.25) is 0 Å². The average molecular weight is 883 g/mol. The summed E-state index contributed by atoms with van der Waals surface area (Å²) in [6, 6.07) is 0. The Hall–Kier alpha value is -1.00. The van der Waals surface area contributed by atoms with Gasteiger partial charge in [0.1, 0.15) is 11.7 Å². The van der Waals surface area contributed by atoms with Crippen molar-refractivity contribution in [3.05, 3.63) is 24.3 Å². The Morgan fingerprint density at radius 2 is 1.40 bits per heavy atom. The topological polar surface area (TPSA) is 122 Å². The van der Waals surface area contributed by atoms with E-state index in [4.69, 9.17) is 52.1 Å². The molecule has 0 radical (unpaired) electrons. The highest BCUT2D eigenvalue weighted by Gasteiger charge is 2.64. The van der Waals surface area contributed by atoms with Crippen molar-refractivity contribution in [1.29, 1.82) is 0 Å². The molecule has 24 atom stereocenters. The Morgan fingerprint density at radius 1 is 0.619 bits per heavy atom. The molecule has 11 aliphatic rings. The molecule has 63 heavy (non-hydrogen) atoms. The van der Waals surface area contributed by atoms with Crippen molar-refractivity contribution in [2.24, 2.45) is 11.8 Å². The third-order valence-electron chi connectivity index (χ3n) is 18.6. The summed E-state index contributed by atoms with van der Waals surface area (Å²) in [5.41, 5.74) is -1.74. The molecule has 0 saturated carbocycles. The highest BCUT2D eigenvalue weighted by molar-refractivity contribution is 5.15. The maximum atomic E-state index is 11.5. The van der Waals surface area contributed by atoms with Crippen LogP contribution in [0.3, 0.4) is 0 Å². The fourth-order valence-corrected chi connectivity index (χ4v) is 14.4. The number of fused-ring (bicyclic) bond motifs is 10. The summed E-state index contributed by atoms with van der Waals surface area (Å²) in [4.78, 5) is 0. The minimum Gasteiger partial charge on any atom is -0.390 e. The van der Waals surface area contributed by atoms with Crippen molar-refractivity contribution in [2.75, 3.05) is 6.61 Å². The van der Waals surface area contributed by atoms with Gasteiger partial charge in [0.05, 0.1) is 120 Å². The molecule has 7 unspecified atom stereocenters. The standard InChI is InChI=1S/C51H78O12/c1-10-27(2)18-30-20-39(52)51(9)43(54-30)22-35-36(60-51)21-34-31(55-35)12-11-15-47(5)44(58-34)26-50(8)42(61-47)24-41-48(6,63-50)16-13-32-45(59-41)29(4)19-33-38(56-32)25-49(7)40(57-33)23-37-46(62-49)28(3)14-17-53-37/h11-12,28-46,52H,2,10,13-26H2,1,3-9H3/b12-11-/t28?,29-,30-,31-,32?,33+,34?,35+,36?,37+,38?,39+,40-,41+,42-,43-,44?,45-,46?,47+,48-,49+,50+,51+/m1/s1. The molecule has 0 spiro atoms. The molecule has 0 amide bonds. The molecular formula is C51H78O12. The zero-order valence-electron chi connectivity index (χ0n) is 39.4. The van der Waals surface area contributed by atoms with Gasteiger partial charge < -0.3 is 57.2 Å². The summed E-state index contributed by atoms with van der Waals surface area (Å²) in [5, 5.41) is 11.5. The summed E-state index contributed by atoms with van der Waals surface area (Å²) in [6.07, 6.45) is 13.1. The molecule has 0 bridgehead atoms. The van der Waals surface area contributed by atoms with Gasteiger partial charge in [-0.05, 0) is 91.4 Å². The Kier molecular flexibility index (Phi) is 11.3. The molecule has 10 fully saturated rings. The lowest BCUT2D eigenvalue weighted by molar-refractivity contribution is -0.356. The van der Waals surface area contributed by atoms with Gasteiger partial charge in [0.2, 0.25) is 0 Å². The highest BCUT2D eigenvalue weighted by atomic mass is 16.6. The van der Waals surface area contributed by atoms with Crippen LogP contribution in [0.4, 0.5) is 0 Å². The largest absolute Gasteiger partial charge is 0.390 e. The summed E-state index contributed by atoms with van der Waals surface area (Å²) in [5.74, 6) is 0.717. The molecule has 0 aliphatic carbocycles. The molecule has 12 heteroatoms. The van der Waals surface area contributed by atoms with E-state index in [1.807, 2.05) is 6.92 Å². The number of rotatable bonds is 3. The fourth-order valence-electron chi connectivity index (χ4n) is 14.4. The molecule has 1 N–H and O–H groups in total. The maximum Gasteiger partial charge on any atom is 0.118 e. The lowest BCUT2D eigenvalue weighted by Gasteiger charge is -2.60. The SMILES string of the molecule is C=C(CC)C[C@@H]1C[C@H](O)[C@]2(C)OC3CC4OC5C[C@]6(C)O[C@]7(C)CCC8OC9C[C@]%10(C)OC%11C(C)CCO[C@H]%11C[C@H]%10O[C@H]9C[C@@H](C)[C@H]8O[C@H]7C[C@H]6O[C@@]5(C)C/C=C\[C@H]4O[C@H]3C[C@H]2O1. The van der Waals surface area contributed by atoms with Gasteiger partial charge in [0.25, 0.3) is 0 Å². The van der Waals surface area contributed by atoms with Crippen LogP contribution in [-0.2, 0) is 52.1 Å². The molecule has 11 heterocycles. The van der Waals surface area contributed by atoms with Crippen LogP contribution in [0, 0.1) is 11.8 Å². The first-order chi connectivity index (χ1) is 30.0. The van der Waals surface area contributed by atoms with E-state index >= 15 is 0 Å². The van der Waals surface area contributed by atoms with Crippen molar-refractivity contribution < 1.29 is 57.2 Å². The molecule has 12 nitrogen and oxygen atoms in total. The van der Waals surface area contributed by atoms with Crippen molar-refractivity contribution in [3.63, 3.8) is 0 Å². The predicted molar refractivity (Wildman–Crippen MR) is 232 cm³/mol. The van der Waals surface area contributed by atoms with Crippen LogP contribution >= 0.6 is 0 Å². The van der Waals surface area contributed by atoms with E-state index in [1.54, 1.807) is 0 Å². The predicted octanol–water partition coefficient (Wildman–Crippen LogP) is 7.24. The van der Waals surface area contributed by atoms with E-state index in [0.717, 1.165) is 70.0 Å². The molecular weight excluding hydrogens is 805 g/mol. The number of aliphatic hydroxyl groups excluding tert-OH is 1. The van der Waals surface area contributed by atoms with Gasteiger partial charge in [-0.25, -0.2) is 0 Å². The summed E-state index contributed by atoms with van der Waals surface area (Å²) < 4.78 is 77.0. The third kappa shape index (κ3) is 7.61. The summed E-state index contributed by atoms with van der Waals surface area (Å²) in [6.45, 7) is 22.7. The number of hydrogen-bond donors (Lipinski definition) is 1.